The molecule has 1 aliphatic heterocycles. The summed E-state index contributed by atoms with van der Waals surface area (Å²) in [6.07, 6.45) is -4.26. The number of imidazole rings is 1. The largest absolute Gasteiger partial charge is 0.394 e. The first kappa shape index (κ1) is 15.3. The Bertz CT molecular complexity index is 698. The number of hydrogen-bond acceptors (Lipinski definition) is 8. The first-order valence-corrected chi connectivity index (χ1v) is 7.80. The molecular weight excluding hydrogens is 461 g/mol. The molecule has 5 N–H and O–H groups in total. The molecule has 4 atom stereocenters. The number of anilines is 1. The molecule has 3 heterocycles. The van der Waals surface area contributed by atoms with Crippen molar-refractivity contribution in [1.82, 2.24) is 19.5 Å². The molecule has 1 fully saturated rings. The van der Waals surface area contributed by atoms with Gasteiger partial charge in [-0.25, -0.2) is 15.0 Å². The summed E-state index contributed by atoms with van der Waals surface area (Å²) >= 11 is 5.17. The van der Waals surface area contributed by atoms with Crippen LogP contribution in [0.3, 0.4) is 0 Å². The van der Waals surface area contributed by atoms with Crippen molar-refractivity contribution < 1.29 is 20.1 Å². The highest BCUT2D eigenvalue weighted by Crippen LogP contribution is 2.35. The van der Waals surface area contributed by atoms with Crippen LogP contribution in [0, 0.1) is 3.83 Å². The fourth-order valence-corrected chi connectivity index (χ4v) is 3.30. The van der Waals surface area contributed by atoms with E-state index in [1.165, 1.54) is 4.57 Å². The molecule has 2 aromatic rings. The van der Waals surface area contributed by atoms with Gasteiger partial charge in [-0.05, 0) is 15.9 Å². The van der Waals surface area contributed by atoms with E-state index < -0.39 is 31.1 Å². The summed E-state index contributed by atoms with van der Waals surface area (Å²) in [6.45, 7) is -0.409. The molecule has 11 heteroatoms. The molecule has 0 spiro atoms. The van der Waals surface area contributed by atoms with E-state index in [2.05, 4.69) is 30.9 Å². The zero-order valence-electron chi connectivity index (χ0n) is 10.4. The topological polar surface area (TPSA) is 140 Å². The number of ether oxygens (including phenoxy) is 1. The first-order valence-electron chi connectivity index (χ1n) is 5.93. The van der Waals surface area contributed by atoms with E-state index in [1.54, 1.807) is 0 Å². The second-order valence-electron chi connectivity index (χ2n) is 4.53. The van der Waals surface area contributed by atoms with Crippen LogP contribution in [0.5, 0.6) is 0 Å². The van der Waals surface area contributed by atoms with Gasteiger partial charge in [0.05, 0.1) is 6.61 Å². The molecule has 0 amide bonds. The highest BCUT2D eigenvalue weighted by Gasteiger charge is 2.44. The van der Waals surface area contributed by atoms with E-state index in [-0.39, 0.29) is 5.82 Å². The smallest absolute Gasteiger partial charge is 0.194 e. The number of aromatic nitrogens is 4. The molecule has 1 aliphatic rings. The second-order valence-corrected chi connectivity index (χ2v) is 6.20. The van der Waals surface area contributed by atoms with Crippen molar-refractivity contribution >= 4 is 55.5 Å². The minimum absolute atomic E-state index is 0.204. The number of aliphatic hydroxyl groups excluding tert-OH is 3. The van der Waals surface area contributed by atoms with Crippen molar-refractivity contribution in [3.05, 3.63) is 8.56 Å². The van der Waals surface area contributed by atoms with Crippen LogP contribution in [0.1, 0.15) is 6.23 Å². The zero-order valence-corrected chi connectivity index (χ0v) is 14.1. The van der Waals surface area contributed by atoms with Gasteiger partial charge < -0.3 is 25.8 Å². The van der Waals surface area contributed by atoms with E-state index in [9.17, 15) is 10.2 Å². The fourth-order valence-electron chi connectivity index (χ4n) is 2.26. The normalized spacial score (nSPS) is 29.4. The molecule has 21 heavy (non-hydrogen) atoms. The fraction of sp³-hybridized carbons (Fsp3) is 0.500. The molecule has 0 radical (unpaired) electrons. The summed E-state index contributed by atoms with van der Waals surface area (Å²) in [5, 5.41) is 29.1. The van der Waals surface area contributed by atoms with E-state index in [0.29, 0.717) is 19.7 Å². The standard InChI is InChI=1S/C10H11BrIN5O4/c11-9-14-3-6(13)15-10(12)16-7(3)17(9)8-5(20)4(19)2(1-18)21-8/h2,4-5,8,18-20H,1H2,(H2,13,15,16)/t2-,4?,5?,8-/m1/s1. The predicted octanol–water partition coefficient (Wildman–Crippen LogP) is -0.613. The quantitative estimate of drug-likeness (QED) is 0.258. The SMILES string of the molecule is Nc1nc(I)nc2c1nc(Br)n2[C@@H]1O[C@H](CO)C(O)C1O. The number of rotatable bonds is 2. The lowest BCUT2D eigenvalue weighted by molar-refractivity contribution is -0.0521. The third-order valence-electron chi connectivity index (χ3n) is 3.27. The molecule has 0 bridgehead atoms. The molecular formula is C10H11BrIN5O4. The second kappa shape index (κ2) is 5.55. The predicted molar refractivity (Wildman–Crippen MR) is 83.2 cm³/mol. The molecule has 1 saturated heterocycles. The van der Waals surface area contributed by atoms with Gasteiger partial charge in [0.2, 0.25) is 0 Å². The third kappa shape index (κ3) is 2.41. The number of nitrogens with zero attached hydrogens (tertiary/aromatic N) is 4. The summed E-state index contributed by atoms with van der Waals surface area (Å²) in [4.78, 5) is 12.5. The van der Waals surface area contributed by atoms with Crippen LogP contribution >= 0.6 is 38.5 Å². The van der Waals surface area contributed by atoms with Gasteiger partial charge in [-0.1, -0.05) is 0 Å². The zero-order chi connectivity index (χ0) is 15.3. The van der Waals surface area contributed by atoms with Crippen LogP contribution in [0.15, 0.2) is 4.73 Å². The first-order chi connectivity index (χ1) is 9.93. The van der Waals surface area contributed by atoms with Crippen LogP contribution in [0.25, 0.3) is 11.2 Å². The van der Waals surface area contributed by atoms with Crippen molar-refractivity contribution in [1.29, 1.82) is 0 Å². The van der Waals surface area contributed by atoms with Gasteiger partial charge in [0.15, 0.2) is 31.8 Å². The summed E-state index contributed by atoms with van der Waals surface area (Å²) in [5.74, 6) is 0.204. The molecule has 114 valence electrons. The lowest BCUT2D eigenvalue weighted by Crippen LogP contribution is -2.33. The van der Waals surface area contributed by atoms with Gasteiger partial charge in [0.1, 0.15) is 18.3 Å². The number of hydrogen-bond donors (Lipinski definition) is 4. The Kier molecular flexibility index (Phi) is 4.04. The van der Waals surface area contributed by atoms with E-state index >= 15 is 0 Å². The number of fused-ring (bicyclic) bond motifs is 1. The minimum atomic E-state index is -1.23. The van der Waals surface area contributed by atoms with Crippen molar-refractivity contribution in [3.8, 4) is 0 Å². The average molecular weight is 472 g/mol. The average Bonchev–Trinajstić information content (AvgIpc) is 2.89. The summed E-state index contributed by atoms with van der Waals surface area (Å²) < 4.78 is 7.70. The van der Waals surface area contributed by atoms with Crippen LogP contribution in [-0.4, -0.2) is 59.8 Å². The van der Waals surface area contributed by atoms with Gasteiger partial charge in [-0.2, -0.15) is 0 Å². The molecule has 9 nitrogen and oxygen atoms in total. The lowest BCUT2D eigenvalue weighted by Gasteiger charge is -2.17. The monoisotopic (exact) mass is 471 g/mol. The highest BCUT2D eigenvalue weighted by atomic mass is 127. The summed E-state index contributed by atoms with van der Waals surface area (Å²) in [5.41, 5.74) is 6.54. The molecule has 2 aromatic heterocycles. The van der Waals surface area contributed by atoms with Gasteiger partial charge in [-0.3, -0.25) is 4.57 Å². The molecule has 0 saturated carbocycles. The van der Waals surface area contributed by atoms with Crippen LogP contribution < -0.4 is 5.73 Å². The number of nitrogen functional groups attached to an aromatic ring is 1. The number of nitrogens with two attached hydrogens (primary N) is 1. The van der Waals surface area contributed by atoms with Crippen LogP contribution in [0.4, 0.5) is 5.82 Å². The molecule has 0 aliphatic carbocycles. The Balaban J connectivity index is 2.15. The van der Waals surface area contributed by atoms with E-state index in [0.717, 1.165) is 0 Å². The minimum Gasteiger partial charge on any atom is -0.394 e. The summed E-state index contributed by atoms with van der Waals surface area (Å²) in [7, 11) is 0. The number of aliphatic hydroxyl groups is 3. The van der Waals surface area contributed by atoms with Gasteiger partial charge >= 0.3 is 0 Å². The highest BCUT2D eigenvalue weighted by molar-refractivity contribution is 14.1. The van der Waals surface area contributed by atoms with Gasteiger partial charge in [0, 0.05) is 22.6 Å². The third-order valence-corrected chi connectivity index (χ3v) is 4.31. The Morgan fingerprint density at radius 3 is 2.62 bits per heavy atom. The maximum absolute atomic E-state index is 10.1. The maximum atomic E-state index is 10.1. The van der Waals surface area contributed by atoms with Crippen LogP contribution in [0.2, 0.25) is 0 Å². The summed E-state index contributed by atoms with van der Waals surface area (Å²) in [6, 6.07) is 0. The van der Waals surface area contributed by atoms with E-state index in [1.807, 2.05) is 22.6 Å². The molecule has 0 aromatic carbocycles. The van der Waals surface area contributed by atoms with Crippen molar-refractivity contribution in [3.63, 3.8) is 0 Å². The number of halogens is 2. The van der Waals surface area contributed by atoms with Gasteiger partial charge in [-0.15, -0.1) is 0 Å². The van der Waals surface area contributed by atoms with Crippen LogP contribution in [-0.2, 0) is 4.74 Å². The Morgan fingerprint density at radius 1 is 1.29 bits per heavy atom. The van der Waals surface area contributed by atoms with Crippen molar-refractivity contribution in [2.45, 2.75) is 24.5 Å². The Morgan fingerprint density at radius 2 is 2.00 bits per heavy atom. The van der Waals surface area contributed by atoms with E-state index in [4.69, 9.17) is 15.6 Å². The van der Waals surface area contributed by atoms with Gasteiger partial charge in [0.25, 0.3) is 0 Å². The molecule has 2 unspecified atom stereocenters. The maximum Gasteiger partial charge on any atom is 0.194 e. The Hall–Kier alpha value is -0.600. The van der Waals surface area contributed by atoms with Crippen molar-refractivity contribution in [2.24, 2.45) is 0 Å². The van der Waals surface area contributed by atoms with Crippen molar-refractivity contribution in [2.75, 3.05) is 12.3 Å². The Labute approximate surface area is 140 Å². The molecule has 3 rings (SSSR count). The lowest BCUT2D eigenvalue weighted by atomic mass is 10.1.